The molecule has 11 nitrogen and oxygen atoms in total. The number of carbonyl (C=O) groups is 2. The fourth-order valence-electron chi connectivity index (χ4n) is 3.18. The van der Waals surface area contributed by atoms with E-state index in [0.29, 0.717) is 6.42 Å². The van der Waals surface area contributed by atoms with Gasteiger partial charge in [0.2, 0.25) is 0 Å². The quantitative estimate of drug-likeness (QED) is 0.305. The van der Waals surface area contributed by atoms with Crippen molar-refractivity contribution in [1.29, 1.82) is 0 Å². The molecule has 0 aromatic carbocycles. The Morgan fingerprint density at radius 1 is 1.14 bits per heavy atom. The lowest BCUT2D eigenvalue weighted by molar-refractivity contribution is 0.0503. The van der Waals surface area contributed by atoms with Gasteiger partial charge in [-0.2, -0.15) is 0 Å². The molecule has 0 spiro atoms. The van der Waals surface area contributed by atoms with Gasteiger partial charge < -0.3 is 35.9 Å². The fourth-order valence-corrected chi connectivity index (χ4v) is 3.18. The average molecular weight is 525 g/mol. The number of alkyl carbamates (subject to hydrolysis) is 1. The SMILES string of the molecule is CC[C@@H](Nc1nc(Nc2cnc(OCCOC)c(F)c2)c(C(N)=O)cc1F)[C@H](C)NC(=O)OC(C)(C)C. The van der Waals surface area contributed by atoms with Crippen LogP contribution in [0.5, 0.6) is 5.88 Å². The second-order valence-corrected chi connectivity index (χ2v) is 9.15. The summed E-state index contributed by atoms with van der Waals surface area (Å²) in [6.07, 6.45) is 1.12. The van der Waals surface area contributed by atoms with Crippen LogP contribution in [0, 0.1) is 11.6 Å². The van der Waals surface area contributed by atoms with Crippen LogP contribution < -0.4 is 26.4 Å². The number of nitrogens with two attached hydrogens (primary N) is 1. The van der Waals surface area contributed by atoms with Gasteiger partial charge in [0.25, 0.3) is 11.8 Å². The molecule has 0 unspecified atom stereocenters. The average Bonchev–Trinajstić information content (AvgIpc) is 2.79. The summed E-state index contributed by atoms with van der Waals surface area (Å²) in [4.78, 5) is 32.2. The summed E-state index contributed by atoms with van der Waals surface area (Å²) in [6, 6.07) is 1.08. The number of amides is 2. The molecule has 204 valence electrons. The zero-order chi connectivity index (χ0) is 27.8. The summed E-state index contributed by atoms with van der Waals surface area (Å²) in [5, 5.41) is 8.39. The van der Waals surface area contributed by atoms with E-state index in [9.17, 15) is 18.4 Å². The zero-order valence-corrected chi connectivity index (χ0v) is 21.8. The number of nitrogens with one attached hydrogen (secondary N) is 3. The van der Waals surface area contributed by atoms with Crippen LogP contribution in [-0.4, -0.2) is 60.0 Å². The van der Waals surface area contributed by atoms with Crippen molar-refractivity contribution in [1.82, 2.24) is 15.3 Å². The van der Waals surface area contributed by atoms with Gasteiger partial charge in [0.15, 0.2) is 17.5 Å². The Balaban J connectivity index is 2.26. The maximum absolute atomic E-state index is 14.9. The van der Waals surface area contributed by atoms with Gasteiger partial charge in [0, 0.05) is 25.3 Å². The predicted molar refractivity (Wildman–Crippen MR) is 134 cm³/mol. The van der Waals surface area contributed by atoms with Crippen molar-refractivity contribution in [3.8, 4) is 5.88 Å². The number of carbonyl (C=O) groups excluding carboxylic acids is 2. The van der Waals surface area contributed by atoms with Crippen LogP contribution in [-0.2, 0) is 9.47 Å². The minimum absolute atomic E-state index is 0.105. The van der Waals surface area contributed by atoms with Gasteiger partial charge >= 0.3 is 6.09 Å². The van der Waals surface area contributed by atoms with Crippen LogP contribution in [0.1, 0.15) is 51.4 Å². The minimum atomic E-state index is -0.944. The number of hydrogen-bond acceptors (Lipinski definition) is 9. The molecule has 2 heterocycles. The van der Waals surface area contributed by atoms with Crippen LogP contribution in [0.25, 0.3) is 0 Å². The molecule has 0 saturated heterocycles. The summed E-state index contributed by atoms with van der Waals surface area (Å²) < 4.78 is 44.6. The Hall–Kier alpha value is -3.74. The van der Waals surface area contributed by atoms with Crippen molar-refractivity contribution in [2.45, 2.75) is 58.7 Å². The second-order valence-electron chi connectivity index (χ2n) is 9.15. The first-order valence-electron chi connectivity index (χ1n) is 11.6. The molecule has 2 amide bonds. The number of hydrogen-bond donors (Lipinski definition) is 4. The lowest BCUT2D eigenvalue weighted by atomic mass is 10.1. The molecule has 2 atom stereocenters. The van der Waals surface area contributed by atoms with Crippen molar-refractivity contribution in [2.24, 2.45) is 5.73 Å². The van der Waals surface area contributed by atoms with Gasteiger partial charge in [-0.3, -0.25) is 4.79 Å². The maximum atomic E-state index is 14.9. The van der Waals surface area contributed by atoms with E-state index in [-0.39, 0.29) is 42.0 Å². The lowest BCUT2D eigenvalue weighted by Crippen LogP contribution is -2.46. The first-order valence-corrected chi connectivity index (χ1v) is 11.6. The molecule has 5 N–H and O–H groups in total. The van der Waals surface area contributed by atoms with E-state index in [1.807, 2.05) is 6.92 Å². The van der Waals surface area contributed by atoms with Crippen LogP contribution in [0.3, 0.4) is 0 Å². The molecule has 37 heavy (non-hydrogen) atoms. The van der Waals surface area contributed by atoms with Crippen LogP contribution in [0.15, 0.2) is 18.3 Å². The summed E-state index contributed by atoms with van der Waals surface area (Å²) in [5.41, 5.74) is 4.59. The molecule has 0 aliphatic heterocycles. The third kappa shape index (κ3) is 9.01. The molecule has 2 rings (SSSR count). The molecule has 0 bridgehead atoms. The Labute approximate surface area is 214 Å². The van der Waals surface area contributed by atoms with Crippen molar-refractivity contribution < 1.29 is 32.6 Å². The number of nitrogens with zero attached hydrogens (tertiary/aromatic N) is 2. The van der Waals surface area contributed by atoms with E-state index in [2.05, 4.69) is 25.9 Å². The molecule has 0 aliphatic rings. The molecule has 2 aromatic rings. The van der Waals surface area contributed by atoms with Crippen LogP contribution in [0.2, 0.25) is 0 Å². The van der Waals surface area contributed by atoms with E-state index in [4.69, 9.17) is 19.9 Å². The van der Waals surface area contributed by atoms with Gasteiger partial charge in [-0.05, 0) is 40.2 Å². The Kier molecular flexibility index (Phi) is 10.4. The van der Waals surface area contributed by atoms with Gasteiger partial charge in [0.1, 0.15) is 18.0 Å². The highest BCUT2D eigenvalue weighted by molar-refractivity contribution is 5.98. The van der Waals surface area contributed by atoms with Crippen molar-refractivity contribution in [3.63, 3.8) is 0 Å². The molecular weight excluding hydrogens is 490 g/mol. The number of primary amides is 1. The third-order valence-electron chi connectivity index (χ3n) is 4.95. The van der Waals surface area contributed by atoms with E-state index in [1.54, 1.807) is 27.7 Å². The van der Waals surface area contributed by atoms with Crippen molar-refractivity contribution in [3.05, 3.63) is 35.5 Å². The number of rotatable bonds is 12. The summed E-state index contributed by atoms with van der Waals surface area (Å²) in [6.45, 7) is 9.14. The molecule has 0 aliphatic carbocycles. The topological polar surface area (TPSA) is 150 Å². The van der Waals surface area contributed by atoms with Gasteiger partial charge in [-0.25, -0.2) is 23.5 Å². The van der Waals surface area contributed by atoms with Crippen molar-refractivity contribution >= 4 is 29.3 Å². The van der Waals surface area contributed by atoms with Crippen molar-refractivity contribution in [2.75, 3.05) is 31.0 Å². The maximum Gasteiger partial charge on any atom is 0.407 e. The summed E-state index contributed by atoms with van der Waals surface area (Å²) in [5.74, 6) is -3.10. The number of methoxy groups -OCH3 is 1. The first-order chi connectivity index (χ1) is 17.3. The number of halogens is 2. The molecule has 0 radical (unpaired) electrons. The normalized spacial score (nSPS) is 12.9. The Morgan fingerprint density at radius 3 is 2.41 bits per heavy atom. The number of anilines is 3. The van der Waals surface area contributed by atoms with E-state index in [1.165, 1.54) is 13.3 Å². The summed E-state index contributed by atoms with van der Waals surface area (Å²) in [7, 11) is 1.48. The number of ether oxygens (including phenoxy) is 3. The Bertz CT molecular complexity index is 1100. The van der Waals surface area contributed by atoms with E-state index in [0.717, 1.165) is 12.1 Å². The van der Waals surface area contributed by atoms with Gasteiger partial charge in [-0.15, -0.1) is 0 Å². The predicted octanol–water partition coefficient (Wildman–Crippen LogP) is 3.73. The molecular formula is C24H34F2N6O5. The standard InChI is InChI=1S/C24H34F2N6O5/c1-7-18(13(2)29-23(34)37-24(3,4)5)31-21-16(25)11-15(19(27)33)20(32-21)30-14-10-17(26)22(28-12-14)36-9-8-35-6/h10-13,18H,7-9H2,1-6H3,(H2,27,33)(H,29,34)(H2,30,31,32)/t13-,18+/m0/s1. The van der Waals surface area contributed by atoms with Crippen LogP contribution in [0.4, 0.5) is 30.9 Å². The highest BCUT2D eigenvalue weighted by Gasteiger charge is 2.24. The van der Waals surface area contributed by atoms with E-state index >= 15 is 0 Å². The van der Waals surface area contributed by atoms with Gasteiger partial charge in [-0.1, -0.05) is 6.92 Å². The second kappa shape index (κ2) is 13.0. The van der Waals surface area contributed by atoms with Gasteiger partial charge in [0.05, 0.1) is 24.1 Å². The van der Waals surface area contributed by atoms with Crippen LogP contribution >= 0.6 is 0 Å². The molecule has 0 saturated carbocycles. The smallest absolute Gasteiger partial charge is 0.407 e. The zero-order valence-electron chi connectivity index (χ0n) is 21.8. The third-order valence-corrected chi connectivity index (χ3v) is 4.95. The minimum Gasteiger partial charge on any atom is -0.473 e. The fraction of sp³-hybridized carbons (Fsp3) is 0.500. The molecule has 13 heteroatoms. The Morgan fingerprint density at radius 2 is 1.84 bits per heavy atom. The lowest BCUT2D eigenvalue weighted by Gasteiger charge is -2.27. The largest absolute Gasteiger partial charge is 0.473 e. The number of aromatic nitrogens is 2. The monoisotopic (exact) mass is 524 g/mol. The highest BCUT2D eigenvalue weighted by Crippen LogP contribution is 2.26. The molecule has 2 aromatic heterocycles. The molecule has 0 fully saturated rings. The highest BCUT2D eigenvalue weighted by atomic mass is 19.1. The first kappa shape index (κ1) is 29.5. The number of pyridine rings is 2. The van der Waals surface area contributed by atoms with E-state index < -0.39 is 41.3 Å². The summed E-state index contributed by atoms with van der Waals surface area (Å²) >= 11 is 0.